The van der Waals surface area contributed by atoms with Gasteiger partial charge in [0.25, 0.3) is 0 Å². The first-order valence-electron chi connectivity index (χ1n) is 8.02. The summed E-state index contributed by atoms with van der Waals surface area (Å²) in [7, 11) is -2.39. The van der Waals surface area contributed by atoms with E-state index in [0.717, 1.165) is 25.9 Å². The molecular formula is C16H25N3O4S. The topological polar surface area (TPSA) is 111 Å². The molecule has 1 amide bonds. The van der Waals surface area contributed by atoms with Crippen LogP contribution in [-0.4, -0.2) is 34.5 Å². The summed E-state index contributed by atoms with van der Waals surface area (Å²) in [6, 6.07) is 4.14. The largest absolute Gasteiger partial charge is 0.495 e. The van der Waals surface area contributed by atoms with E-state index in [1.54, 1.807) is 0 Å². The molecule has 1 heterocycles. The maximum Gasteiger partial charge on any atom is 0.238 e. The van der Waals surface area contributed by atoms with Crippen LogP contribution in [0.5, 0.6) is 5.75 Å². The van der Waals surface area contributed by atoms with Crippen LogP contribution in [-0.2, 0) is 14.8 Å². The molecule has 0 aliphatic carbocycles. The number of amides is 1. The summed E-state index contributed by atoms with van der Waals surface area (Å²) in [4.78, 5) is 12.3. The highest BCUT2D eigenvalue weighted by atomic mass is 32.2. The van der Waals surface area contributed by atoms with Gasteiger partial charge in [0.05, 0.1) is 17.7 Å². The van der Waals surface area contributed by atoms with Crippen LogP contribution < -0.4 is 20.5 Å². The molecule has 0 saturated carbocycles. The molecule has 8 heteroatoms. The summed E-state index contributed by atoms with van der Waals surface area (Å²) >= 11 is 0. The predicted octanol–water partition coefficient (Wildman–Crippen LogP) is 1.31. The van der Waals surface area contributed by atoms with Crippen LogP contribution in [0.3, 0.4) is 0 Å². The Kier molecular flexibility index (Phi) is 6.20. The molecule has 1 aromatic carbocycles. The van der Waals surface area contributed by atoms with Crippen molar-refractivity contribution >= 4 is 21.6 Å². The minimum Gasteiger partial charge on any atom is -0.495 e. The second-order valence-corrected chi connectivity index (χ2v) is 7.80. The van der Waals surface area contributed by atoms with Crippen LogP contribution in [0.2, 0.25) is 0 Å². The molecule has 2 atom stereocenters. The third-order valence-corrected chi connectivity index (χ3v) is 5.33. The van der Waals surface area contributed by atoms with Gasteiger partial charge in [0.15, 0.2) is 0 Å². The van der Waals surface area contributed by atoms with E-state index in [1.807, 2.05) is 0 Å². The predicted molar refractivity (Wildman–Crippen MR) is 92.4 cm³/mol. The number of primary sulfonamides is 1. The Morgan fingerprint density at radius 3 is 2.83 bits per heavy atom. The monoisotopic (exact) mass is 355 g/mol. The highest BCUT2D eigenvalue weighted by Gasteiger charge is 2.22. The lowest BCUT2D eigenvalue weighted by atomic mass is 9.85. The van der Waals surface area contributed by atoms with Gasteiger partial charge >= 0.3 is 0 Å². The van der Waals surface area contributed by atoms with E-state index in [9.17, 15) is 13.2 Å². The molecule has 0 aromatic heterocycles. The number of benzene rings is 1. The molecule has 4 N–H and O–H groups in total. The molecule has 7 nitrogen and oxygen atoms in total. The van der Waals surface area contributed by atoms with E-state index in [-0.39, 0.29) is 16.7 Å². The van der Waals surface area contributed by atoms with Crippen molar-refractivity contribution in [2.24, 2.45) is 17.0 Å². The van der Waals surface area contributed by atoms with Crippen molar-refractivity contribution in [3.63, 3.8) is 0 Å². The van der Waals surface area contributed by atoms with Gasteiger partial charge < -0.3 is 15.4 Å². The molecule has 0 radical (unpaired) electrons. The highest BCUT2D eigenvalue weighted by Crippen LogP contribution is 2.28. The fourth-order valence-corrected chi connectivity index (χ4v) is 3.53. The number of nitrogens with two attached hydrogens (primary N) is 1. The quantitative estimate of drug-likeness (QED) is 0.712. The zero-order valence-electron chi connectivity index (χ0n) is 14.0. The molecule has 1 saturated heterocycles. The Hall–Kier alpha value is -1.64. The van der Waals surface area contributed by atoms with Crippen LogP contribution in [0.4, 0.5) is 5.69 Å². The summed E-state index contributed by atoms with van der Waals surface area (Å²) in [6.07, 6.45) is 2.61. The Labute approximate surface area is 143 Å². The van der Waals surface area contributed by atoms with Gasteiger partial charge in [-0.15, -0.1) is 0 Å². The maximum atomic E-state index is 12.3. The molecule has 1 fully saturated rings. The SMILES string of the molecule is COc1ccc(S(N)(=O)=O)cc1NC(=O)CC(C)C1CCCNC1. The van der Waals surface area contributed by atoms with Gasteiger partial charge in [-0.1, -0.05) is 6.92 Å². The molecule has 0 bridgehead atoms. The van der Waals surface area contributed by atoms with Gasteiger partial charge in [-0.2, -0.15) is 0 Å². The van der Waals surface area contributed by atoms with Crippen LogP contribution in [0.1, 0.15) is 26.2 Å². The van der Waals surface area contributed by atoms with Crippen molar-refractivity contribution in [3.8, 4) is 5.75 Å². The van der Waals surface area contributed by atoms with Crippen LogP contribution in [0.15, 0.2) is 23.1 Å². The molecule has 2 unspecified atom stereocenters. The van der Waals surface area contributed by atoms with Crippen molar-refractivity contribution in [1.29, 1.82) is 0 Å². The average Bonchev–Trinajstić information content (AvgIpc) is 2.54. The van der Waals surface area contributed by atoms with E-state index in [2.05, 4.69) is 17.6 Å². The summed E-state index contributed by atoms with van der Waals surface area (Å²) in [6.45, 7) is 4.03. The number of hydrogen-bond acceptors (Lipinski definition) is 5. The van der Waals surface area contributed by atoms with Gasteiger partial charge in [0, 0.05) is 6.42 Å². The van der Waals surface area contributed by atoms with E-state index < -0.39 is 10.0 Å². The summed E-state index contributed by atoms with van der Waals surface area (Å²) in [5, 5.41) is 11.2. The van der Waals surface area contributed by atoms with Gasteiger partial charge in [-0.05, 0) is 56.0 Å². The average molecular weight is 355 g/mol. The second kappa shape index (κ2) is 7.96. The van der Waals surface area contributed by atoms with E-state index in [4.69, 9.17) is 9.88 Å². The van der Waals surface area contributed by atoms with Gasteiger partial charge in [-0.3, -0.25) is 4.79 Å². The molecule has 134 valence electrons. The van der Waals surface area contributed by atoms with Crippen molar-refractivity contribution in [1.82, 2.24) is 5.32 Å². The summed E-state index contributed by atoms with van der Waals surface area (Å²) in [5.41, 5.74) is 0.308. The summed E-state index contributed by atoms with van der Waals surface area (Å²) in [5.74, 6) is 0.938. The highest BCUT2D eigenvalue weighted by molar-refractivity contribution is 7.89. The zero-order chi connectivity index (χ0) is 17.7. The van der Waals surface area contributed by atoms with E-state index >= 15 is 0 Å². The van der Waals surface area contributed by atoms with Crippen molar-refractivity contribution < 1.29 is 17.9 Å². The molecule has 0 spiro atoms. The fourth-order valence-electron chi connectivity index (χ4n) is 2.99. The lowest BCUT2D eigenvalue weighted by Crippen LogP contribution is -2.34. The standard InChI is InChI=1S/C16H25N3O4S/c1-11(12-4-3-7-18-10-12)8-16(20)19-14-9-13(24(17,21)22)5-6-15(14)23-2/h5-6,9,11-12,18H,3-4,7-8,10H2,1-2H3,(H,19,20)(H2,17,21,22). The van der Waals surface area contributed by atoms with Crippen molar-refractivity contribution in [3.05, 3.63) is 18.2 Å². The molecule has 1 aliphatic heterocycles. The Morgan fingerprint density at radius 1 is 1.50 bits per heavy atom. The smallest absolute Gasteiger partial charge is 0.238 e. The van der Waals surface area contributed by atoms with Crippen LogP contribution >= 0.6 is 0 Å². The fraction of sp³-hybridized carbons (Fsp3) is 0.562. The first-order chi connectivity index (χ1) is 11.3. The van der Waals surface area contributed by atoms with Crippen molar-refractivity contribution in [2.45, 2.75) is 31.1 Å². The van der Waals surface area contributed by atoms with Gasteiger partial charge in [-0.25, -0.2) is 13.6 Å². The van der Waals surface area contributed by atoms with E-state index in [1.165, 1.54) is 25.3 Å². The van der Waals surface area contributed by atoms with Crippen molar-refractivity contribution in [2.75, 3.05) is 25.5 Å². The molecule has 1 aromatic rings. The number of piperidine rings is 1. The van der Waals surface area contributed by atoms with Crippen LogP contribution in [0, 0.1) is 11.8 Å². The zero-order valence-corrected chi connectivity index (χ0v) is 14.9. The normalized spacial score (nSPS) is 19.5. The lowest BCUT2D eigenvalue weighted by molar-refractivity contribution is -0.117. The second-order valence-electron chi connectivity index (χ2n) is 6.24. The van der Waals surface area contributed by atoms with E-state index in [0.29, 0.717) is 23.8 Å². The molecule has 1 aliphatic rings. The molecule has 24 heavy (non-hydrogen) atoms. The number of rotatable bonds is 6. The molecule has 2 rings (SSSR count). The number of hydrogen-bond donors (Lipinski definition) is 3. The summed E-state index contributed by atoms with van der Waals surface area (Å²) < 4.78 is 28.1. The Morgan fingerprint density at radius 2 is 2.25 bits per heavy atom. The minimum atomic E-state index is -3.84. The minimum absolute atomic E-state index is 0.0665. The Balaban J connectivity index is 2.07. The maximum absolute atomic E-state index is 12.3. The Bertz CT molecular complexity index is 685. The number of anilines is 1. The number of methoxy groups -OCH3 is 1. The first-order valence-corrected chi connectivity index (χ1v) is 9.57. The first kappa shape index (κ1) is 18.7. The third-order valence-electron chi connectivity index (χ3n) is 4.42. The number of ether oxygens (including phenoxy) is 1. The third kappa shape index (κ3) is 4.93. The number of carbonyl (C=O) groups is 1. The van der Waals surface area contributed by atoms with Crippen LogP contribution in [0.25, 0.3) is 0 Å². The number of sulfonamides is 1. The lowest BCUT2D eigenvalue weighted by Gasteiger charge is -2.28. The van der Waals surface area contributed by atoms with Gasteiger partial charge in [0.1, 0.15) is 5.75 Å². The number of nitrogens with one attached hydrogen (secondary N) is 2. The molecular weight excluding hydrogens is 330 g/mol. The van der Waals surface area contributed by atoms with Gasteiger partial charge in [0.2, 0.25) is 15.9 Å². The number of carbonyl (C=O) groups excluding carboxylic acids is 1.